The molecule has 0 fully saturated rings. The number of hydrogen-bond donors (Lipinski definition) is 1. The first-order chi connectivity index (χ1) is 10.3. The summed E-state index contributed by atoms with van der Waals surface area (Å²) in [6.07, 6.45) is 1.05. The van der Waals surface area contributed by atoms with Crippen molar-refractivity contribution in [2.75, 3.05) is 18.0 Å². The minimum atomic E-state index is 1.05. The van der Waals surface area contributed by atoms with Gasteiger partial charge in [-0.25, -0.2) is 0 Å². The van der Waals surface area contributed by atoms with E-state index in [-0.39, 0.29) is 0 Å². The number of aromatic nitrogens is 1. The molecule has 2 aromatic carbocycles. The van der Waals surface area contributed by atoms with E-state index in [2.05, 4.69) is 66.2 Å². The van der Waals surface area contributed by atoms with Crippen LogP contribution in [0.1, 0.15) is 25.0 Å². The summed E-state index contributed by atoms with van der Waals surface area (Å²) >= 11 is 0. The molecule has 0 radical (unpaired) electrons. The van der Waals surface area contributed by atoms with Crippen LogP contribution in [-0.2, 0) is 6.42 Å². The molecule has 2 heteroatoms. The van der Waals surface area contributed by atoms with E-state index < -0.39 is 0 Å². The Hall–Kier alpha value is -2.22. The highest BCUT2D eigenvalue weighted by atomic mass is 15.1. The topological polar surface area (TPSA) is 19.0 Å². The predicted molar refractivity (Wildman–Crippen MR) is 90.1 cm³/mol. The van der Waals surface area contributed by atoms with Gasteiger partial charge in [-0.3, -0.25) is 0 Å². The van der Waals surface area contributed by atoms with Crippen molar-refractivity contribution in [3.8, 4) is 11.3 Å². The van der Waals surface area contributed by atoms with Crippen LogP contribution >= 0.6 is 0 Å². The summed E-state index contributed by atoms with van der Waals surface area (Å²) < 4.78 is 0. The fraction of sp³-hybridized carbons (Fsp3) is 0.263. The van der Waals surface area contributed by atoms with Crippen LogP contribution in [0.15, 0.2) is 42.5 Å². The van der Waals surface area contributed by atoms with Crippen molar-refractivity contribution in [3.05, 3.63) is 53.6 Å². The van der Waals surface area contributed by atoms with Gasteiger partial charge in [-0.1, -0.05) is 24.3 Å². The first kappa shape index (κ1) is 12.5. The Kier molecular flexibility index (Phi) is 2.78. The van der Waals surface area contributed by atoms with Gasteiger partial charge in [0.15, 0.2) is 0 Å². The number of aromatic amines is 1. The summed E-state index contributed by atoms with van der Waals surface area (Å²) in [5.74, 6) is 0. The van der Waals surface area contributed by atoms with E-state index in [9.17, 15) is 0 Å². The third-order valence-electron chi connectivity index (χ3n) is 4.67. The minimum absolute atomic E-state index is 1.05. The maximum absolute atomic E-state index is 3.60. The molecule has 1 aliphatic carbocycles. The summed E-state index contributed by atoms with van der Waals surface area (Å²) in [5, 5.41) is 1.37. The Labute approximate surface area is 125 Å². The Bertz CT molecular complexity index is 810. The van der Waals surface area contributed by atoms with Gasteiger partial charge < -0.3 is 9.88 Å². The van der Waals surface area contributed by atoms with E-state index >= 15 is 0 Å². The van der Waals surface area contributed by atoms with Crippen LogP contribution in [0.3, 0.4) is 0 Å². The molecular weight excluding hydrogens is 256 g/mol. The Balaban J connectivity index is 1.83. The van der Waals surface area contributed by atoms with Crippen molar-refractivity contribution < 1.29 is 0 Å². The molecule has 0 amide bonds. The molecular formula is C19H20N2. The van der Waals surface area contributed by atoms with Crippen molar-refractivity contribution >= 4 is 16.6 Å². The molecule has 0 aliphatic heterocycles. The Morgan fingerprint density at radius 3 is 2.67 bits per heavy atom. The molecule has 0 atom stereocenters. The van der Waals surface area contributed by atoms with Crippen LogP contribution in [0.2, 0.25) is 0 Å². The SMILES string of the molecule is CCN(CC)c1ccc2c(c1)Cc1c-2[nH]c2ccccc12. The number of rotatable bonds is 3. The number of H-pyrrole nitrogens is 1. The maximum atomic E-state index is 3.60. The van der Waals surface area contributed by atoms with Gasteiger partial charge in [0.1, 0.15) is 0 Å². The normalized spacial score (nSPS) is 12.5. The largest absolute Gasteiger partial charge is 0.372 e. The van der Waals surface area contributed by atoms with Gasteiger partial charge in [-0.15, -0.1) is 0 Å². The molecule has 0 spiro atoms. The van der Waals surface area contributed by atoms with Gasteiger partial charge in [-0.05, 0) is 43.2 Å². The molecule has 1 N–H and O–H groups in total. The van der Waals surface area contributed by atoms with Crippen molar-refractivity contribution in [1.82, 2.24) is 4.98 Å². The lowest BCUT2D eigenvalue weighted by molar-refractivity contribution is 0.865. The lowest BCUT2D eigenvalue weighted by Crippen LogP contribution is -2.21. The molecule has 2 nitrogen and oxygen atoms in total. The third kappa shape index (κ3) is 1.79. The van der Waals surface area contributed by atoms with Crippen LogP contribution in [0.25, 0.3) is 22.2 Å². The molecule has 0 bridgehead atoms. The number of fused-ring (bicyclic) bond motifs is 5. The van der Waals surface area contributed by atoms with E-state index in [0.717, 1.165) is 19.5 Å². The average Bonchev–Trinajstić information content (AvgIpc) is 3.04. The van der Waals surface area contributed by atoms with E-state index in [1.54, 1.807) is 0 Å². The second kappa shape index (κ2) is 4.66. The van der Waals surface area contributed by atoms with Crippen molar-refractivity contribution in [2.45, 2.75) is 20.3 Å². The summed E-state index contributed by atoms with van der Waals surface area (Å²) in [7, 11) is 0. The number of nitrogens with one attached hydrogen (secondary N) is 1. The van der Waals surface area contributed by atoms with Crippen molar-refractivity contribution in [3.63, 3.8) is 0 Å². The second-order valence-electron chi connectivity index (χ2n) is 5.71. The molecule has 1 heterocycles. The fourth-order valence-electron chi connectivity index (χ4n) is 3.56. The highest BCUT2D eigenvalue weighted by Gasteiger charge is 2.23. The monoisotopic (exact) mass is 276 g/mol. The number of nitrogens with zero attached hydrogens (tertiary/aromatic N) is 1. The molecule has 21 heavy (non-hydrogen) atoms. The maximum Gasteiger partial charge on any atom is 0.0503 e. The Morgan fingerprint density at radius 1 is 1.05 bits per heavy atom. The molecule has 0 unspecified atom stereocenters. The van der Waals surface area contributed by atoms with Crippen LogP contribution < -0.4 is 4.90 Å². The standard InChI is InChI=1S/C19H20N2/c1-3-21(4-2)14-9-10-15-13(11-14)12-17-16-7-5-6-8-18(16)20-19(15)17/h5-11,20H,3-4,12H2,1-2H3. The predicted octanol–water partition coefficient (Wildman–Crippen LogP) is 4.59. The molecule has 4 rings (SSSR count). The summed E-state index contributed by atoms with van der Waals surface area (Å²) in [6, 6.07) is 15.5. The van der Waals surface area contributed by atoms with Gasteiger partial charge in [0.05, 0.1) is 5.69 Å². The number of para-hydroxylation sites is 1. The molecule has 0 saturated heterocycles. The summed E-state index contributed by atoms with van der Waals surface area (Å²) in [4.78, 5) is 6.00. The second-order valence-corrected chi connectivity index (χ2v) is 5.71. The van der Waals surface area contributed by atoms with Crippen molar-refractivity contribution in [2.24, 2.45) is 0 Å². The quantitative estimate of drug-likeness (QED) is 0.580. The van der Waals surface area contributed by atoms with Gasteiger partial charge in [0.25, 0.3) is 0 Å². The Morgan fingerprint density at radius 2 is 1.86 bits per heavy atom. The van der Waals surface area contributed by atoms with Gasteiger partial charge in [0, 0.05) is 41.7 Å². The summed E-state index contributed by atoms with van der Waals surface area (Å²) in [5.41, 5.74) is 8.19. The first-order valence-corrected chi connectivity index (χ1v) is 7.79. The van der Waals surface area contributed by atoms with E-state index in [1.165, 1.54) is 39.0 Å². The molecule has 1 aliphatic rings. The van der Waals surface area contributed by atoms with Crippen molar-refractivity contribution in [1.29, 1.82) is 0 Å². The van der Waals surface area contributed by atoms with Gasteiger partial charge in [0.2, 0.25) is 0 Å². The van der Waals surface area contributed by atoms with Gasteiger partial charge >= 0.3 is 0 Å². The average molecular weight is 276 g/mol. The number of anilines is 1. The van der Waals surface area contributed by atoms with Crippen LogP contribution in [-0.4, -0.2) is 18.1 Å². The zero-order valence-corrected chi connectivity index (χ0v) is 12.6. The molecule has 1 aromatic heterocycles. The molecule has 0 saturated carbocycles. The van der Waals surface area contributed by atoms with Crippen LogP contribution in [0.4, 0.5) is 5.69 Å². The molecule has 3 aromatic rings. The minimum Gasteiger partial charge on any atom is -0.372 e. The summed E-state index contributed by atoms with van der Waals surface area (Å²) in [6.45, 7) is 6.55. The smallest absolute Gasteiger partial charge is 0.0503 e. The van der Waals surface area contributed by atoms with Gasteiger partial charge in [-0.2, -0.15) is 0 Å². The fourth-order valence-corrected chi connectivity index (χ4v) is 3.56. The molecule has 106 valence electrons. The lowest BCUT2D eigenvalue weighted by Gasteiger charge is -2.21. The first-order valence-electron chi connectivity index (χ1n) is 7.79. The lowest BCUT2D eigenvalue weighted by atomic mass is 10.1. The zero-order chi connectivity index (χ0) is 14.4. The van der Waals surface area contributed by atoms with E-state index in [1.807, 2.05) is 0 Å². The van der Waals surface area contributed by atoms with Crippen LogP contribution in [0.5, 0.6) is 0 Å². The van der Waals surface area contributed by atoms with E-state index in [4.69, 9.17) is 0 Å². The zero-order valence-electron chi connectivity index (χ0n) is 12.6. The van der Waals surface area contributed by atoms with E-state index in [0.29, 0.717) is 0 Å². The number of benzene rings is 2. The van der Waals surface area contributed by atoms with Crippen LogP contribution in [0, 0.1) is 0 Å². The number of hydrogen-bond acceptors (Lipinski definition) is 1. The third-order valence-corrected chi connectivity index (χ3v) is 4.67. The highest BCUT2D eigenvalue weighted by Crippen LogP contribution is 2.41. The highest BCUT2D eigenvalue weighted by molar-refractivity contribution is 5.94.